The molecule has 3 aromatic rings. The number of nitrogens with zero attached hydrogens (tertiary/aromatic N) is 5. The molecule has 0 amide bonds. The number of hydrogen-bond acceptors (Lipinski definition) is 5. The summed E-state index contributed by atoms with van der Waals surface area (Å²) in [6.07, 6.45) is 1.17. The molecule has 0 spiro atoms. The third-order valence-corrected chi connectivity index (χ3v) is 6.19. The molecule has 4 rings (SSSR count). The van der Waals surface area contributed by atoms with Crippen molar-refractivity contribution in [2.75, 3.05) is 19.7 Å². The van der Waals surface area contributed by atoms with E-state index in [0.717, 1.165) is 32.0 Å². The molecule has 3 heterocycles. The van der Waals surface area contributed by atoms with Crippen LogP contribution in [-0.4, -0.2) is 45.2 Å². The van der Waals surface area contributed by atoms with Gasteiger partial charge in [-0.1, -0.05) is 6.42 Å². The zero-order valence-corrected chi connectivity index (χ0v) is 18.7. The lowest BCUT2D eigenvalue weighted by Crippen LogP contribution is -2.38. The molecule has 0 saturated carbocycles. The van der Waals surface area contributed by atoms with Crippen LogP contribution in [0.25, 0.3) is 22.3 Å². The molecule has 0 N–H and O–H groups in total. The Kier molecular flexibility index (Phi) is 6.56. The third-order valence-electron chi connectivity index (χ3n) is 6.19. The number of halogens is 3. The van der Waals surface area contributed by atoms with Gasteiger partial charge >= 0.3 is 6.18 Å². The second-order valence-electron chi connectivity index (χ2n) is 8.48. The molecule has 174 valence electrons. The van der Waals surface area contributed by atoms with Crippen LogP contribution in [0.4, 0.5) is 13.2 Å². The van der Waals surface area contributed by atoms with E-state index < -0.39 is 11.7 Å². The number of imidazole rings is 1. The van der Waals surface area contributed by atoms with Crippen molar-refractivity contribution in [2.45, 2.75) is 44.8 Å². The zero-order chi connectivity index (χ0) is 23.6. The Morgan fingerprint density at radius 2 is 2.06 bits per heavy atom. The molecule has 0 aliphatic carbocycles. The Labute approximate surface area is 190 Å². The van der Waals surface area contributed by atoms with E-state index in [4.69, 9.17) is 4.74 Å². The van der Waals surface area contributed by atoms with Crippen LogP contribution in [0.5, 0.6) is 5.75 Å². The maximum atomic E-state index is 13.8. The highest BCUT2D eigenvalue weighted by atomic mass is 19.4. The predicted octanol–water partition coefficient (Wildman–Crippen LogP) is 5.17. The van der Waals surface area contributed by atoms with Crippen molar-refractivity contribution >= 4 is 11.0 Å². The number of rotatable bonds is 6. The van der Waals surface area contributed by atoms with Crippen LogP contribution in [0.1, 0.15) is 43.9 Å². The Morgan fingerprint density at radius 1 is 1.24 bits per heavy atom. The molecular formula is C24H26F3N5O. The van der Waals surface area contributed by atoms with Gasteiger partial charge in [-0.2, -0.15) is 18.4 Å². The standard InChI is InChI=1S/C24H26F3N5O/c1-16-6-3-4-9-32(16)10-5-11-33-22-8-7-17(12-18(22)24(25,26)27)19-13-21-23(20(14-28)30-19)29-15-31(21)2/h7-8,12-13,15-16H,3-6,9-11H2,1-2H3/t16-/m1/s1. The Morgan fingerprint density at radius 3 is 2.79 bits per heavy atom. The molecule has 1 aliphatic heterocycles. The van der Waals surface area contributed by atoms with Gasteiger partial charge in [0.25, 0.3) is 0 Å². The van der Waals surface area contributed by atoms with Crippen LogP contribution in [0.3, 0.4) is 0 Å². The van der Waals surface area contributed by atoms with Crippen molar-refractivity contribution in [3.63, 3.8) is 0 Å². The lowest BCUT2D eigenvalue weighted by Gasteiger charge is -2.33. The lowest BCUT2D eigenvalue weighted by molar-refractivity contribution is -0.138. The van der Waals surface area contributed by atoms with Crippen LogP contribution < -0.4 is 4.74 Å². The van der Waals surface area contributed by atoms with Gasteiger partial charge in [0.1, 0.15) is 17.3 Å². The summed E-state index contributed by atoms with van der Waals surface area (Å²) in [4.78, 5) is 10.8. The molecule has 1 fully saturated rings. The fraction of sp³-hybridized carbons (Fsp3) is 0.458. The summed E-state index contributed by atoms with van der Waals surface area (Å²) in [5.41, 5.74) is 0.802. The van der Waals surface area contributed by atoms with Crippen LogP contribution in [0, 0.1) is 11.3 Å². The van der Waals surface area contributed by atoms with Gasteiger partial charge in [0.2, 0.25) is 0 Å². The maximum absolute atomic E-state index is 13.8. The second kappa shape index (κ2) is 9.40. The first kappa shape index (κ1) is 23.1. The van der Waals surface area contributed by atoms with E-state index in [1.165, 1.54) is 12.5 Å². The van der Waals surface area contributed by atoms with Crippen molar-refractivity contribution in [1.82, 2.24) is 19.4 Å². The molecule has 0 bridgehead atoms. The lowest BCUT2D eigenvalue weighted by atomic mass is 10.0. The SMILES string of the molecule is C[C@@H]1CCCCN1CCCOc1ccc(-c2cc3c(ncn3C)c(C#N)n2)cc1C(F)(F)F. The molecule has 1 atom stereocenters. The number of hydrogen-bond donors (Lipinski definition) is 0. The van der Waals surface area contributed by atoms with Crippen LogP contribution in [0.2, 0.25) is 0 Å². The third kappa shape index (κ3) is 4.96. The van der Waals surface area contributed by atoms with E-state index in [9.17, 15) is 18.4 Å². The number of pyridine rings is 1. The summed E-state index contributed by atoms with van der Waals surface area (Å²) in [6.45, 7) is 4.24. The van der Waals surface area contributed by atoms with E-state index in [0.29, 0.717) is 23.5 Å². The number of likely N-dealkylation sites (tertiary alicyclic amines) is 1. The fourth-order valence-corrected chi connectivity index (χ4v) is 4.33. The normalized spacial score (nSPS) is 17.3. The highest BCUT2D eigenvalue weighted by Crippen LogP contribution is 2.39. The minimum Gasteiger partial charge on any atom is -0.493 e. The summed E-state index contributed by atoms with van der Waals surface area (Å²) < 4.78 is 48.8. The molecule has 33 heavy (non-hydrogen) atoms. The topological polar surface area (TPSA) is 67.0 Å². The number of benzene rings is 1. The molecule has 0 radical (unpaired) electrons. The molecule has 1 saturated heterocycles. The summed E-state index contributed by atoms with van der Waals surface area (Å²) in [6, 6.07) is 8.04. The van der Waals surface area contributed by atoms with Crippen LogP contribution >= 0.6 is 0 Å². The largest absolute Gasteiger partial charge is 0.493 e. The van der Waals surface area contributed by atoms with Gasteiger partial charge in [-0.05, 0) is 57.0 Å². The minimum atomic E-state index is -4.58. The van der Waals surface area contributed by atoms with E-state index in [1.54, 1.807) is 30.1 Å². The number of nitriles is 1. The molecule has 1 aromatic carbocycles. The van der Waals surface area contributed by atoms with Crippen molar-refractivity contribution < 1.29 is 17.9 Å². The number of ether oxygens (including phenoxy) is 1. The van der Waals surface area contributed by atoms with Gasteiger partial charge in [-0.3, -0.25) is 0 Å². The highest BCUT2D eigenvalue weighted by molar-refractivity contribution is 5.84. The molecule has 2 aromatic heterocycles. The number of piperidine rings is 1. The smallest absolute Gasteiger partial charge is 0.419 e. The average Bonchev–Trinajstić information content (AvgIpc) is 3.17. The molecule has 9 heteroatoms. The summed E-state index contributed by atoms with van der Waals surface area (Å²) in [5.74, 6) is -0.194. The van der Waals surface area contributed by atoms with Gasteiger partial charge in [-0.15, -0.1) is 0 Å². The molecule has 1 aliphatic rings. The van der Waals surface area contributed by atoms with E-state index in [2.05, 4.69) is 21.8 Å². The van der Waals surface area contributed by atoms with Crippen molar-refractivity contribution in [1.29, 1.82) is 5.26 Å². The fourth-order valence-electron chi connectivity index (χ4n) is 4.33. The van der Waals surface area contributed by atoms with Crippen molar-refractivity contribution in [3.05, 3.63) is 41.9 Å². The second-order valence-corrected chi connectivity index (χ2v) is 8.48. The Bertz CT molecular complexity index is 1180. The predicted molar refractivity (Wildman–Crippen MR) is 119 cm³/mol. The number of aryl methyl sites for hydroxylation is 1. The summed E-state index contributed by atoms with van der Waals surface area (Å²) in [5, 5.41) is 9.41. The van der Waals surface area contributed by atoms with E-state index in [-0.39, 0.29) is 29.3 Å². The first-order valence-electron chi connectivity index (χ1n) is 11.1. The van der Waals surface area contributed by atoms with Gasteiger partial charge in [-0.25, -0.2) is 9.97 Å². The highest BCUT2D eigenvalue weighted by Gasteiger charge is 2.35. The average molecular weight is 458 g/mol. The van der Waals surface area contributed by atoms with Gasteiger partial charge in [0.05, 0.1) is 29.7 Å². The Hall–Kier alpha value is -3.12. The minimum absolute atomic E-state index is 0.0731. The van der Waals surface area contributed by atoms with Gasteiger partial charge < -0.3 is 14.2 Å². The molecule has 0 unspecified atom stereocenters. The van der Waals surface area contributed by atoms with Gasteiger partial charge in [0.15, 0.2) is 5.69 Å². The van der Waals surface area contributed by atoms with Crippen molar-refractivity contribution in [2.24, 2.45) is 7.05 Å². The Balaban J connectivity index is 1.55. The quantitative estimate of drug-likeness (QED) is 0.478. The number of alkyl halides is 3. The number of aromatic nitrogens is 3. The monoisotopic (exact) mass is 457 g/mol. The summed E-state index contributed by atoms with van der Waals surface area (Å²) in [7, 11) is 1.75. The van der Waals surface area contributed by atoms with Crippen LogP contribution in [0.15, 0.2) is 30.6 Å². The first-order valence-corrected chi connectivity index (χ1v) is 11.1. The summed E-state index contributed by atoms with van der Waals surface area (Å²) >= 11 is 0. The zero-order valence-electron chi connectivity index (χ0n) is 18.7. The maximum Gasteiger partial charge on any atom is 0.419 e. The van der Waals surface area contributed by atoms with Crippen LogP contribution in [-0.2, 0) is 13.2 Å². The van der Waals surface area contributed by atoms with Crippen molar-refractivity contribution in [3.8, 4) is 23.1 Å². The first-order chi connectivity index (χ1) is 15.8. The molecular weight excluding hydrogens is 431 g/mol. The van der Waals surface area contributed by atoms with E-state index >= 15 is 0 Å². The van der Waals surface area contributed by atoms with E-state index in [1.807, 2.05) is 6.07 Å². The van der Waals surface area contributed by atoms with Gasteiger partial charge in [0, 0.05) is 25.2 Å². The number of fused-ring (bicyclic) bond motifs is 1. The molecule has 6 nitrogen and oxygen atoms in total.